The van der Waals surface area contributed by atoms with Crippen LogP contribution in [0.15, 0.2) is 42.5 Å². The van der Waals surface area contributed by atoms with E-state index in [0.717, 1.165) is 17.7 Å². The van der Waals surface area contributed by atoms with Crippen LogP contribution in [0.4, 0.5) is 8.78 Å². The molecule has 0 atom stereocenters. The second kappa shape index (κ2) is 8.29. The second-order valence-electron chi connectivity index (χ2n) is 6.73. The maximum Gasteiger partial charge on any atom is 0.254 e. The van der Waals surface area contributed by atoms with Crippen molar-refractivity contribution >= 4 is 11.8 Å². The van der Waals surface area contributed by atoms with Gasteiger partial charge in [-0.15, -0.1) is 0 Å². The number of carbonyl (C=O) groups is 2. The molecule has 27 heavy (non-hydrogen) atoms. The summed E-state index contributed by atoms with van der Waals surface area (Å²) >= 11 is 0. The lowest BCUT2D eigenvalue weighted by molar-refractivity contribution is -0.132. The highest BCUT2D eigenvalue weighted by molar-refractivity contribution is 5.94. The van der Waals surface area contributed by atoms with E-state index in [4.69, 9.17) is 0 Å². The van der Waals surface area contributed by atoms with Gasteiger partial charge in [-0.05, 0) is 42.7 Å². The summed E-state index contributed by atoms with van der Waals surface area (Å²) in [5.41, 5.74) is 2.46. The average molecular weight is 372 g/mol. The minimum atomic E-state index is -1.04. The monoisotopic (exact) mass is 372 g/mol. The van der Waals surface area contributed by atoms with E-state index in [1.165, 1.54) is 11.6 Å². The molecule has 142 valence electrons. The number of carbonyl (C=O) groups excluding carboxylic acids is 2. The lowest BCUT2D eigenvalue weighted by Gasteiger charge is -2.35. The van der Waals surface area contributed by atoms with Crippen molar-refractivity contribution in [2.75, 3.05) is 26.2 Å². The molecule has 0 radical (unpaired) electrons. The number of rotatable bonds is 4. The van der Waals surface area contributed by atoms with Crippen molar-refractivity contribution in [3.05, 3.63) is 70.8 Å². The Labute approximate surface area is 157 Å². The highest BCUT2D eigenvalue weighted by atomic mass is 19.2. The first-order chi connectivity index (χ1) is 13.0. The van der Waals surface area contributed by atoms with Crippen molar-refractivity contribution in [2.45, 2.75) is 19.8 Å². The Morgan fingerprint density at radius 2 is 1.59 bits per heavy atom. The highest BCUT2D eigenvalue weighted by Gasteiger charge is 2.25. The summed E-state index contributed by atoms with van der Waals surface area (Å²) in [4.78, 5) is 28.2. The Kier molecular flexibility index (Phi) is 5.84. The summed E-state index contributed by atoms with van der Waals surface area (Å²) in [6.07, 6.45) is 1.13. The summed E-state index contributed by atoms with van der Waals surface area (Å²) < 4.78 is 26.3. The molecule has 1 aliphatic heterocycles. The van der Waals surface area contributed by atoms with Crippen LogP contribution in [0, 0.1) is 18.6 Å². The molecule has 3 rings (SSSR count). The van der Waals surface area contributed by atoms with E-state index < -0.39 is 11.6 Å². The molecular formula is C21H22F2N2O2. The van der Waals surface area contributed by atoms with Crippen molar-refractivity contribution in [3.8, 4) is 0 Å². The maximum absolute atomic E-state index is 13.3. The molecule has 4 nitrogen and oxygen atoms in total. The number of amides is 2. The molecule has 0 saturated carbocycles. The molecule has 6 heteroatoms. The topological polar surface area (TPSA) is 40.6 Å². The van der Waals surface area contributed by atoms with Crippen LogP contribution in [0.3, 0.4) is 0 Å². The smallest absolute Gasteiger partial charge is 0.254 e. The standard InChI is InChI=1S/C21H22F2N2O2/c1-15-4-2-3-5-16(15)7-9-20(26)24-10-12-25(13-11-24)21(27)17-6-8-18(22)19(23)14-17/h2-6,8,14H,7,9-13H2,1H3. The highest BCUT2D eigenvalue weighted by Crippen LogP contribution is 2.15. The van der Waals surface area contributed by atoms with Gasteiger partial charge >= 0.3 is 0 Å². The summed E-state index contributed by atoms with van der Waals surface area (Å²) in [7, 11) is 0. The molecule has 1 heterocycles. The van der Waals surface area contributed by atoms with Gasteiger partial charge < -0.3 is 9.80 Å². The Hall–Kier alpha value is -2.76. The van der Waals surface area contributed by atoms with Gasteiger partial charge in [0, 0.05) is 38.2 Å². The minimum Gasteiger partial charge on any atom is -0.339 e. The van der Waals surface area contributed by atoms with Crippen LogP contribution in [0.2, 0.25) is 0 Å². The lowest BCUT2D eigenvalue weighted by atomic mass is 10.0. The Bertz CT molecular complexity index is 846. The molecule has 2 aromatic carbocycles. The van der Waals surface area contributed by atoms with E-state index in [9.17, 15) is 18.4 Å². The van der Waals surface area contributed by atoms with E-state index in [1.807, 2.05) is 31.2 Å². The first-order valence-electron chi connectivity index (χ1n) is 9.02. The van der Waals surface area contributed by atoms with Crippen molar-refractivity contribution in [2.24, 2.45) is 0 Å². The quantitative estimate of drug-likeness (QED) is 0.827. The largest absolute Gasteiger partial charge is 0.339 e. The van der Waals surface area contributed by atoms with Crippen molar-refractivity contribution in [1.82, 2.24) is 9.80 Å². The summed E-state index contributed by atoms with van der Waals surface area (Å²) in [6, 6.07) is 11.1. The van der Waals surface area contributed by atoms with Gasteiger partial charge in [0.15, 0.2) is 11.6 Å². The number of halogens is 2. The number of nitrogens with zero attached hydrogens (tertiary/aromatic N) is 2. The normalized spacial score (nSPS) is 14.3. The van der Waals surface area contributed by atoms with Crippen LogP contribution in [0.1, 0.15) is 27.9 Å². The van der Waals surface area contributed by atoms with Crippen LogP contribution in [-0.2, 0) is 11.2 Å². The van der Waals surface area contributed by atoms with Gasteiger partial charge in [0.2, 0.25) is 5.91 Å². The number of piperazine rings is 1. The maximum atomic E-state index is 13.3. The summed E-state index contributed by atoms with van der Waals surface area (Å²) in [5, 5.41) is 0. The van der Waals surface area contributed by atoms with Gasteiger partial charge in [-0.3, -0.25) is 9.59 Å². The zero-order chi connectivity index (χ0) is 19.4. The van der Waals surface area contributed by atoms with E-state index in [1.54, 1.807) is 9.80 Å². The summed E-state index contributed by atoms with van der Waals surface area (Å²) in [6.45, 7) is 3.69. The molecular weight excluding hydrogens is 350 g/mol. The molecule has 1 saturated heterocycles. The molecule has 2 aromatic rings. The predicted molar refractivity (Wildman–Crippen MR) is 98.3 cm³/mol. The molecule has 0 unspecified atom stereocenters. The Morgan fingerprint density at radius 1 is 0.926 bits per heavy atom. The number of aryl methyl sites for hydroxylation is 2. The van der Waals surface area contributed by atoms with E-state index in [0.29, 0.717) is 39.0 Å². The zero-order valence-electron chi connectivity index (χ0n) is 15.3. The van der Waals surface area contributed by atoms with Crippen molar-refractivity contribution in [3.63, 3.8) is 0 Å². The molecule has 2 amide bonds. The van der Waals surface area contributed by atoms with Gasteiger partial charge in [0.05, 0.1) is 0 Å². The molecule has 0 spiro atoms. The fourth-order valence-corrected chi connectivity index (χ4v) is 3.26. The van der Waals surface area contributed by atoms with Crippen molar-refractivity contribution in [1.29, 1.82) is 0 Å². The molecule has 0 bridgehead atoms. The SMILES string of the molecule is Cc1ccccc1CCC(=O)N1CCN(C(=O)c2ccc(F)c(F)c2)CC1. The van der Waals surface area contributed by atoms with Gasteiger partial charge in [0.25, 0.3) is 5.91 Å². The fourth-order valence-electron chi connectivity index (χ4n) is 3.26. The van der Waals surface area contributed by atoms with Crippen LogP contribution in [-0.4, -0.2) is 47.8 Å². The third-order valence-corrected chi connectivity index (χ3v) is 4.96. The number of hydrogen-bond donors (Lipinski definition) is 0. The molecule has 0 N–H and O–H groups in total. The third kappa shape index (κ3) is 4.51. The Morgan fingerprint density at radius 3 is 2.26 bits per heavy atom. The van der Waals surface area contributed by atoms with Gasteiger partial charge in [-0.25, -0.2) is 8.78 Å². The van der Waals surface area contributed by atoms with Crippen LogP contribution >= 0.6 is 0 Å². The Balaban J connectivity index is 1.52. The van der Waals surface area contributed by atoms with Gasteiger partial charge in [-0.2, -0.15) is 0 Å². The summed E-state index contributed by atoms with van der Waals surface area (Å²) in [5.74, 6) is -2.29. The second-order valence-corrected chi connectivity index (χ2v) is 6.73. The molecule has 0 aromatic heterocycles. The van der Waals surface area contributed by atoms with Crippen LogP contribution in [0.25, 0.3) is 0 Å². The number of benzene rings is 2. The average Bonchev–Trinajstić information content (AvgIpc) is 2.69. The minimum absolute atomic E-state index is 0.0678. The number of hydrogen-bond acceptors (Lipinski definition) is 2. The third-order valence-electron chi connectivity index (χ3n) is 4.96. The molecule has 1 aliphatic rings. The van der Waals surface area contributed by atoms with Gasteiger partial charge in [-0.1, -0.05) is 24.3 Å². The van der Waals surface area contributed by atoms with E-state index in [2.05, 4.69) is 0 Å². The lowest BCUT2D eigenvalue weighted by Crippen LogP contribution is -2.50. The first-order valence-corrected chi connectivity index (χ1v) is 9.02. The van der Waals surface area contributed by atoms with Crippen LogP contribution in [0.5, 0.6) is 0 Å². The van der Waals surface area contributed by atoms with E-state index in [-0.39, 0.29) is 17.4 Å². The fraction of sp³-hybridized carbons (Fsp3) is 0.333. The van der Waals surface area contributed by atoms with Gasteiger partial charge in [0.1, 0.15) is 0 Å². The first kappa shape index (κ1) is 19.0. The zero-order valence-corrected chi connectivity index (χ0v) is 15.3. The van der Waals surface area contributed by atoms with Crippen LogP contribution < -0.4 is 0 Å². The molecule has 0 aliphatic carbocycles. The van der Waals surface area contributed by atoms with E-state index >= 15 is 0 Å². The molecule has 1 fully saturated rings. The van der Waals surface area contributed by atoms with Crippen molar-refractivity contribution < 1.29 is 18.4 Å². The predicted octanol–water partition coefficient (Wildman–Crippen LogP) is 3.19.